The normalized spacial score (nSPS) is 11.1. The summed E-state index contributed by atoms with van der Waals surface area (Å²) in [6.07, 6.45) is 0. The molecular formula is C10H17BrN2O. The summed E-state index contributed by atoms with van der Waals surface area (Å²) in [5.41, 5.74) is 0. The van der Waals surface area contributed by atoms with E-state index in [9.17, 15) is 0 Å². The summed E-state index contributed by atoms with van der Waals surface area (Å²) in [6, 6.07) is 3.92. The third kappa shape index (κ3) is 4.26. The highest BCUT2D eigenvalue weighted by Crippen LogP contribution is 2.14. The van der Waals surface area contributed by atoms with Gasteiger partial charge in [-0.15, -0.1) is 0 Å². The fraction of sp³-hybridized carbons (Fsp3) is 0.600. The third-order valence-corrected chi connectivity index (χ3v) is 2.40. The van der Waals surface area contributed by atoms with Crippen LogP contribution in [0.5, 0.6) is 0 Å². The number of rotatable bonds is 6. The van der Waals surface area contributed by atoms with Gasteiger partial charge in [-0.3, -0.25) is 4.90 Å². The first-order valence-corrected chi connectivity index (χ1v) is 5.65. The summed E-state index contributed by atoms with van der Waals surface area (Å²) in [4.78, 5) is 2.23. The lowest BCUT2D eigenvalue weighted by atomic mass is 10.4. The fourth-order valence-electron chi connectivity index (χ4n) is 1.23. The minimum Gasteiger partial charge on any atom is -0.453 e. The van der Waals surface area contributed by atoms with Crippen molar-refractivity contribution in [1.29, 1.82) is 0 Å². The zero-order valence-electron chi connectivity index (χ0n) is 8.72. The summed E-state index contributed by atoms with van der Waals surface area (Å²) in [5.74, 6) is 0.996. The van der Waals surface area contributed by atoms with E-state index in [0.717, 1.165) is 36.6 Å². The second kappa shape index (κ2) is 6.22. The van der Waals surface area contributed by atoms with Gasteiger partial charge in [0.1, 0.15) is 5.76 Å². The van der Waals surface area contributed by atoms with Gasteiger partial charge in [-0.25, -0.2) is 0 Å². The van der Waals surface area contributed by atoms with Crippen molar-refractivity contribution in [1.82, 2.24) is 10.2 Å². The van der Waals surface area contributed by atoms with Gasteiger partial charge in [-0.1, -0.05) is 6.92 Å². The summed E-state index contributed by atoms with van der Waals surface area (Å²) in [7, 11) is 2.09. The summed E-state index contributed by atoms with van der Waals surface area (Å²) >= 11 is 3.29. The van der Waals surface area contributed by atoms with Gasteiger partial charge in [-0.05, 0) is 41.7 Å². The minimum absolute atomic E-state index is 0.799. The quantitative estimate of drug-likeness (QED) is 0.795. The molecule has 0 unspecified atom stereocenters. The molecule has 3 nitrogen and oxygen atoms in total. The molecule has 1 aromatic rings. The molecule has 1 rings (SSSR count). The van der Waals surface area contributed by atoms with Crippen molar-refractivity contribution in [2.24, 2.45) is 0 Å². The third-order valence-electron chi connectivity index (χ3n) is 1.97. The standard InChI is InChI=1S/C10H17BrN2O/c1-3-12-6-7-13(2)8-9-4-5-10(11)14-9/h4-5,12H,3,6-8H2,1-2H3. The highest BCUT2D eigenvalue weighted by Gasteiger charge is 2.03. The van der Waals surface area contributed by atoms with E-state index in [1.165, 1.54) is 0 Å². The predicted molar refractivity (Wildman–Crippen MR) is 61.3 cm³/mol. The van der Waals surface area contributed by atoms with Crippen LogP contribution in [-0.4, -0.2) is 31.6 Å². The smallest absolute Gasteiger partial charge is 0.169 e. The van der Waals surface area contributed by atoms with Crippen LogP contribution in [0.15, 0.2) is 21.2 Å². The van der Waals surface area contributed by atoms with E-state index in [4.69, 9.17) is 4.42 Å². The zero-order chi connectivity index (χ0) is 10.4. The largest absolute Gasteiger partial charge is 0.453 e. The Hall–Kier alpha value is -0.320. The highest BCUT2D eigenvalue weighted by molar-refractivity contribution is 9.10. The van der Waals surface area contributed by atoms with Crippen molar-refractivity contribution in [3.8, 4) is 0 Å². The molecule has 0 aliphatic carbocycles. The Morgan fingerprint density at radius 3 is 2.86 bits per heavy atom. The van der Waals surface area contributed by atoms with Crippen LogP contribution in [0.25, 0.3) is 0 Å². The Morgan fingerprint density at radius 1 is 1.50 bits per heavy atom. The van der Waals surface area contributed by atoms with Gasteiger partial charge in [0.05, 0.1) is 6.54 Å². The lowest BCUT2D eigenvalue weighted by Crippen LogP contribution is -2.28. The molecule has 0 saturated heterocycles. The van der Waals surface area contributed by atoms with E-state index in [1.807, 2.05) is 12.1 Å². The van der Waals surface area contributed by atoms with Crippen molar-refractivity contribution in [3.05, 3.63) is 22.6 Å². The van der Waals surface area contributed by atoms with Gasteiger partial charge < -0.3 is 9.73 Å². The molecule has 1 heterocycles. The monoisotopic (exact) mass is 260 g/mol. The maximum absolute atomic E-state index is 5.42. The van der Waals surface area contributed by atoms with E-state index in [-0.39, 0.29) is 0 Å². The molecule has 0 atom stereocenters. The first-order valence-electron chi connectivity index (χ1n) is 4.86. The molecule has 0 aromatic carbocycles. The van der Waals surface area contributed by atoms with E-state index < -0.39 is 0 Å². The van der Waals surface area contributed by atoms with Crippen molar-refractivity contribution in [2.45, 2.75) is 13.5 Å². The predicted octanol–water partition coefficient (Wildman–Crippen LogP) is 2.08. The van der Waals surface area contributed by atoms with Gasteiger partial charge in [0.2, 0.25) is 0 Å². The second-order valence-electron chi connectivity index (χ2n) is 3.30. The molecule has 0 aliphatic heterocycles. The van der Waals surface area contributed by atoms with E-state index in [2.05, 4.69) is 40.1 Å². The molecule has 80 valence electrons. The number of nitrogens with zero attached hydrogens (tertiary/aromatic N) is 1. The molecule has 0 radical (unpaired) electrons. The lowest BCUT2D eigenvalue weighted by molar-refractivity contribution is 0.292. The SMILES string of the molecule is CCNCCN(C)Cc1ccc(Br)o1. The molecule has 14 heavy (non-hydrogen) atoms. The molecule has 0 fully saturated rings. The van der Waals surface area contributed by atoms with Crippen LogP contribution in [-0.2, 0) is 6.54 Å². The first-order chi connectivity index (χ1) is 6.72. The van der Waals surface area contributed by atoms with Crippen LogP contribution in [0.3, 0.4) is 0 Å². The van der Waals surface area contributed by atoms with Gasteiger partial charge >= 0.3 is 0 Å². The van der Waals surface area contributed by atoms with Crippen molar-refractivity contribution in [2.75, 3.05) is 26.7 Å². The van der Waals surface area contributed by atoms with Crippen molar-refractivity contribution >= 4 is 15.9 Å². The fourth-order valence-corrected chi connectivity index (χ4v) is 1.57. The molecule has 0 bridgehead atoms. The lowest BCUT2D eigenvalue weighted by Gasteiger charge is -2.14. The zero-order valence-corrected chi connectivity index (χ0v) is 10.3. The van der Waals surface area contributed by atoms with Crippen LogP contribution in [0.2, 0.25) is 0 Å². The highest BCUT2D eigenvalue weighted by atomic mass is 79.9. The maximum atomic E-state index is 5.42. The Bertz CT molecular complexity index is 262. The molecule has 0 spiro atoms. The van der Waals surface area contributed by atoms with Gasteiger partial charge in [0, 0.05) is 13.1 Å². The molecule has 1 N–H and O–H groups in total. The average molecular weight is 261 g/mol. The maximum Gasteiger partial charge on any atom is 0.169 e. The van der Waals surface area contributed by atoms with Gasteiger partial charge in [0.25, 0.3) is 0 Å². The van der Waals surface area contributed by atoms with Gasteiger partial charge in [-0.2, -0.15) is 0 Å². The summed E-state index contributed by atoms with van der Waals surface area (Å²) in [6.45, 7) is 6.06. The average Bonchev–Trinajstić information content (AvgIpc) is 2.52. The van der Waals surface area contributed by atoms with Crippen molar-refractivity contribution in [3.63, 3.8) is 0 Å². The number of nitrogens with one attached hydrogen (secondary N) is 1. The molecule has 1 aromatic heterocycles. The number of furan rings is 1. The van der Waals surface area contributed by atoms with Crippen LogP contribution in [0.4, 0.5) is 0 Å². The Morgan fingerprint density at radius 2 is 2.29 bits per heavy atom. The topological polar surface area (TPSA) is 28.4 Å². The Labute approximate surface area is 93.6 Å². The Kier molecular flexibility index (Phi) is 5.22. The summed E-state index contributed by atoms with van der Waals surface area (Å²) in [5, 5.41) is 3.29. The number of hydrogen-bond donors (Lipinski definition) is 1. The minimum atomic E-state index is 0.799. The van der Waals surface area contributed by atoms with Crippen LogP contribution < -0.4 is 5.32 Å². The molecule has 0 saturated carbocycles. The van der Waals surface area contributed by atoms with Crippen LogP contribution >= 0.6 is 15.9 Å². The first kappa shape index (κ1) is 11.8. The molecule has 0 amide bonds. The number of hydrogen-bond acceptors (Lipinski definition) is 3. The van der Waals surface area contributed by atoms with Crippen LogP contribution in [0, 0.1) is 0 Å². The number of likely N-dealkylation sites (N-methyl/N-ethyl adjacent to an activating group) is 2. The van der Waals surface area contributed by atoms with Crippen LogP contribution in [0.1, 0.15) is 12.7 Å². The molecule has 0 aliphatic rings. The van der Waals surface area contributed by atoms with E-state index in [0.29, 0.717) is 0 Å². The number of halogens is 1. The molecule has 4 heteroatoms. The van der Waals surface area contributed by atoms with Crippen molar-refractivity contribution < 1.29 is 4.42 Å². The van der Waals surface area contributed by atoms with Gasteiger partial charge in [0.15, 0.2) is 4.67 Å². The second-order valence-corrected chi connectivity index (χ2v) is 4.08. The van der Waals surface area contributed by atoms with E-state index in [1.54, 1.807) is 0 Å². The Balaban J connectivity index is 2.23. The summed E-state index contributed by atoms with van der Waals surface area (Å²) < 4.78 is 6.21. The van der Waals surface area contributed by atoms with E-state index >= 15 is 0 Å². The molecular weight excluding hydrogens is 244 g/mol.